The lowest BCUT2D eigenvalue weighted by atomic mass is 9.96. The van der Waals surface area contributed by atoms with Crippen molar-refractivity contribution in [2.45, 2.75) is 38.3 Å². The molecule has 20 heavy (non-hydrogen) atoms. The molecule has 2 rings (SSSR count). The second-order valence-electron chi connectivity index (χ2n) is 4.63. The van der Waals surface area contributed by atoms with Gasteiger partial charge in [0, 0.05) is 0 Å². The van der Waals surface area contributed by atoms with Crippen molar-refractivity contribution < 1.29 is 26.7 Å². The van der Waals surface area contributed by atoms with Crippen LogP contribution in [-0.4, -0.2) is 18.6 Å². The highest BCUT2D eigenvalue weighted by Gasteiger charge is 2.62. The number of hydrogen-bond acceptors (Lipinski definition) is 2. The molecule has 0 amide bonds. The van der Waals surface area contributed by atoms with Gasteiger partial charge in [0.1, 0.15) is 6.04 Å². The van der Waals surface area contributed by atoms with Crippen molar-refractivity contribution in [3.8, 4) is 0 Å². The number of halogens is 5. The Hall–Kier alpha value is -1.21. The Morgan fingerprint density at radius 3 is 2.40 bits per heavy atom. The van der Waals surface area contributed by atoms with Crippen LogP contribution in [0.15, 0.2) is 18.2 Å². The first kappa shape index (κ1) is 15.2. The SMILES string of the molecule is CCNC(c1ccc2c(c1)COC2)C(F)(F)C(F)(F)F. The molecule has 0 fully saturated rings. The fraction of sp³-hybridized carbons (Fsp3) is 0.538. The van der Waals surface area contributed by atoms with Gasteiger partial charge in [0.15, 0.2) is 0 Å². The van der Waals surface area contributed by atoms with E-state index in [2.05, 4.69) is 5.32 Å². The van der Waals surface area contributed by atoms with E-state index in [0.717, 1.165) is 5.56 Å². The van der Waals surface area contributed by atoms with Crippen LogP contribution in [0.1, 0.15) is 29.7 Å². The number of nitrogens with one attached hydrogen (secondary N) is 1. The fourth-order valence-corrected chi connectivity index (χ4v) is 2.19. The smallest absolute Gasteiger partial charge is 0.372 e. The fourth-order valence-electron chi connectivity index (χ4n) is 2.19. The molecule has 1 unspecified atom stereocenters. The van der Waals surface area contributed by atoms with E-state index in [9.17, 15) is 22.0 Å². The molecule has 0 spiro atoms. The van der Waals surface area contributed by atoms with Crippen LogP contribution in [0.5, 0.6) is 0 Å². The summed E-state index contributed by atoms with van der Waals surface area (Å²) in [6, 6.07) is 2.09. The first-order valence-electron chi connectivity index (χ1n) is 6.14. The van der Waals surface area contributed by atoms with Gasteiger partial charge in [0.2, 0.25) is 0 Å². The first-order chi connectivity index (χ1) is 9.27. The summed E-state index contributed by atoms with van der Waals surface area (Å²) in [6.45, 7) is 2.08. The summed E-state index contributed by atoms with van der Waals surface area (Å²) in [4.78, 5) is 0. The predicted octanol–water partition coefficient (Wildman–Crippen LogP) is 3.57. The van der Waals surface area contributed by atoms with E-state index in [4.69, 9.17) is 4.74 Å². The Balaban J connectivity index is 2.38. The highest BCUT2D eigenvalue weighted by molar-refractivity contribution is 5.35. The first-order valence-corrected chi connectivity index (χ1v) is 6.14. The zero-order valence-corrected chi connectivity index (χ0v) is 10.7. The standard InChI is InChI=1S/C13H14F5NO/c1-2-19-11(12(14,15)13(16,17)18)8-3-4-9-6-20-7-10(9)5-8/h3-5,11,19H,2,6-7H2,1H3. The molecule has 1 aromatic rings. The molecule has 0 aromatic heterocycles. The van der Waals surface area contributed by atoms with E-state index in [0.29, 0.717) is 12.2 Å². The molecule has 0 saturated carbocycles. The summed E-state index contributed by atoms with van der Waals surface area (Å²) in [6.07, 6.45) is -5.60. The van der Waals surface area contributed by atoms with E-state index >= 15 is 0 Å². The lowest BCUT2D eigenvalue weighted by Crippen LogP contribution is -2.48. The van der Waals surface area contributed by atoms with E-state index in [1.54, 1.807) is 0 Å². The van der Waals surface area contributed by atoms with Crippen molar-refractivity contribution in [1.82, 2.24) is 5.32 Å². The van der Waals surface area contributed by atoms with Crippen LogP contribution in [0.3, 0.4) is 0 Å². The van der Waals surface area contributed by atoms with Crippen LogP contribution in [0, 0.1) is 0 Å². The lowest BCUT2D eigenvalue weighted by Gasteiger charge is -2.29. The van der Waals surface area contributed by atoms with Gasteiger partial charge in [-0.05, 0) is 23.2 Å². The van der Waals surface area contributed by atoms with Gasteiger partial charge in [-0.15, -0.1) is 0 Å². The van der Waals surface area contributed by atoms with E-state index in [1.807, 2.05) is 0 Å². The van der Waals surface area contributed by atoms with Crippen molar-refractivity contribution in [1.29, 1.82) is 0 Å². The summed E-state index contributed by atoms with van der Waals surface area (Å²) in [7, 11) is 0. The van der Waals surface area contributed by atoms with Crippen molar-refractivity contribution in [3.05, 3.63) is 34.9 Å². The van der Waals surface area contributed by atoms with Gasteiger partial charge in [0.25, 0.3) is 0 Å². The van der Waals surface area contributed by atoms with E-state index in [-0.39, 0.29) is 18.7 Å². The van der Waals surface area contributed by atoms with Crippen LogP contribution < -0.4 is 5.32 Å². The Labute approximate surface area is 112 Å². The normalized spacial score (nSPS) is 17.1. The lowest BCUT2D eigenvalue weighted by molar-refractivity contribution is -0.294. The molecule has 7 heteroatoms. The summed E-state index contributed by atoms with van der Waals surface area (Å²) in [5.41, 5.74) is 1.39. The molecule has 112 valence electrons. The number of rotatable bonds is 4. The number of ether oxygens (including phenoxy) is 1. The van der Waals surface area contributed by atoms with Crippen molar-refractivity contribution in [3.63, 3.8) is 0 Å². The Kier molecular flexibility index (Phi) is 4.02. The van der Waals surface area contributed by atoms with Crippen molar-refractivity contribution in [2.75, 3.05) is 6.54 Å². The molecule has 1 aliphatic heterocycles. The minimum absolute atomic E-state index is 0.00389. The minimum atomic E-state index is -5.60. The number of hydrogen-bond donors (Lipinski definition) is 1. The minimum Gasteiger partial charge on any atom is -0.372 e. The maximum atomic E-state index is 13.6. The Morgan fingerprint density at radius 2 is 1.80 bits per heavy atom. The van der Waals surface area contributed by atoms with Crippen LogP contribution in [0.25, 0.3) is 0 Å². The van der Waals surface area contributed by atoms with Crippen molar-refractivity contribution in [2.24, 2.45) is 0 Å². The summed E-state index contributed by atoms with van der Waals surface area (Å²) >= 11 is 0. The average Bonchev–Trinajstić information content (AvgIpc) is 2.81. The molecule has 0 bridgehead atoms. The van der Waals surface area contributed by atoms with Gasteiger partial charge in [-0.3, -0.25) is 0 Å². The second-order valence-corrected chi connectivity index (χ2v) is 4.63. The maximum absolute atomic E-state index is 13.6. The molecule has 2 nitrogen and oxygen atoms in total. The van der Waals surface area contributed by atoms with E-state index < -0.39 is 18.1 Å². The van der Waals surface area contributed by atoms with Crippen LogP contribution in [0.2, 0.25) is 0 Å². The van der Waals surface area contributed by atoms with Crippen LogP contribution >= 0.6 is 0 Å². The molecule has 1 N–H and O–H groups in total. The highest BCUT2D eigenvalue weighted by atomic mass is 19.4. The zero-order valence-electron chi connectivity index (χ0n) is 10.7. The van der Waals surface area contributed by atoms with Gasteiger partial charge < -0.3 is 10.1 Å². The van der Waals surface area contributed by atoms with E-state index in [1.165, 1.54) is 25.1 Å². The van der Waals surface area contributed by atoms with Gasteiger partial charge in [-0.2, -0.15) is 22.0 Å². The quantitative estimate of drug-likeness (QED) is 0.858. The number of fused-ring (bicyclic) bond motifs is 1. The van der Waals surface area contributed by atoms with Gasteiger partial charge in [-0.1, -0.05) is 25.1 Å². The molecular formula is C13H14F5NO. The summed E-state index contributed by atoms with van der Waals surface area (Å²) < 4.78 is 70.0. The third-order valence-electron chi connectivity index (χ3n) is 3.23. The van der Waals surface area contributed by atoms with Crippen LogP contribution in [-0.2, 0) is 18.0 Å². The number of benzene rings is 1. The average molecular weight is 295 g/mol. The maximum Gasteiger partial charge on any atom is 0.455 e. The largest absolute Gasteiger partial charge is 0.455 e. The summed E-state index contributed by atoms with van der Waals surface area (Å²) in [5, 5.41) is 2.23. The molecule has 0 radical (unpaired) electrons. The molecule has 0 aliphatic carbocycles. The number of alkyl halides is 5. The molecule has 1 heterocycles. The highest BCUT2D eigenvalue weighted by Crippen LogP contribution is 2.44. The predicted molar refractivity (Wildman–Crippen MR) is 62.4 cm³/mol. The third-order valence-corrected chi connectivity index (χ3v) is 3.23. The zero-order chi connectivity index (χ0) is 15.0. The summed E-state index contributed by atoms with van der Waals surface area (Å²) in [5.74, 6) is -4.84. The molecule has 1 aliphatic rings. The van der Waals surface area contributed by atoms with Gasteiger partial charge in [-0.25, -0.2) is 0 Å². The molecular weight excluding hydrogens is 281 g/mol. The third kappa shape index (κ3) is 2.64. The topological polar surface area (TPSA) is 21.3 Å². The van der Waals surface area contributed by atoms with Crippen LogP contribution in [0.4, 0.5) is 22.0 Å². The molecule has 0 saturated heterocycles. The second kappa shape index (κ2) is 5.29. The van der Waals surface area contributed by atoms with Gasteiger partial charge in [0.05, 0.1) is 13.2 Å². The van der Waals surface area contributed by atoms with Gasteiger partial charge >= 0.3 is 12.1 Å². The molecule has 1 atom stereocenters. The Bertz CT molecular complexity index is 486. The molecule has 1 aromatic carbocycles. The van der Waals surface area contributed by atoms with Crippen molar-refractivity contribution >= 4 is 0 Å². The monoisotopic (exact) mass is 295 g/mol. The Morgan fingerprint density at radius 1 is 1.15 bits per heavy atom.